The van der Waals surface area contributed by atoms with Gasteiger partial charge in [-0.3, -0.25) is 9.59 Å². The van der Waals surface area contributed by atoms with Gasteiger partial charge in [-0.15, -0.1) is 0 Å². The highest BCUT2D eigenvalue weighted by Crippen LogP contribution is 2.24. The Morgan fingerprint density at radius 3 is 2.62 bits per heavy atom. The van der Waals surface area contributed by atoms with Crippen LogP contribution < -0.4 is 15.6 Å². The van der Waals surface area contributed by atoms with Crippen LogP contribution in [0, 0.1) is 0 Å². The first-order valence-corrected chi connectivity index (χ1v) is 7.66. The van der Waals surface area contributed by atoms with Gasteiger partial charge in [0.25, 0.3) is 11.5 Å². The molecule has 1 atom stereocenters. The van der Waals surface area contributed by atoms with Gasteiger partial charge in [0.1, 0.15) is 11.4 Å². The summed E-state index contributed by atoms with van der Waals surface area (Å²) in [5.74, 6) is 0.369. The van der Waals surface area contributed by atoms with E-state index in [2.05, 4.69) is 10.3 Å². The molecule has 1 aromatic heterocycles. The second-order valence-electron chi connectivity index (χ2n) is 5.54. The van der Waals surface area contributed by atoms with E-state index in [4.69, 9.17) is 4.74 Å². The van der Waals surface area contributed by atoms with Crippen LogP contribution in [0.5, 0.6) is 5.75 Å². The van der Waals surface area contributed by atoms with Gasteiger partial charge in [0, 0.05) is 10.9 Å². The summed E-state index contributed by atoms with van der Waals surface area (Å²) in [6.45, 7) is 1.87. The number of pyridine rings is 1. The third kappa shape index (κ3) is 3.01. The molecule has 0 spiro atoms. The number of nitrogens with one attached hydrogen (secondary N) is 2. The lowest BCUT2D eigenvalue weighted by molar-refractivity contribution is 0.0934. The zero-order chi connectivity index (χ0) is 17.1. The lowest BCUT2D eigenvalue weighted by atomic mass is 10.1. The molecule has 0 saturated carbocycles. The number of ether oxygens (including phenoxy) is 1. The van der Waals surface area contributed by atoms with Crippen molar-refractivity contribution in [3.05, 3.63) is 76.2 Å². The van der Waals surface area contributed by atoms with Gasteiger partial charge in [-0.1, -0.05) is 36.4 Å². The van der Waals surface area contributed by atoms with Crippen molar-refractivity contribution in [1.82, 2.24) is 10.3 Å². The number of methoxy groups -OCH3 is 1. The molecule has 1 heterocycles. The van der Waals surface area contributed by atoms with Gasteiger partial charge in [0.05, 0.1) is 13.2 Å². The van der Waals surface area contributed by atoms with E-state index in [9.17, 15) is 9.59 Å². The summed E-state index contributed by atoms with van der Waals surface area (Å²) in [4.78, 5) is 27.2. The first kappa shape index (κ1) is 15.8. The summed E-state index contributed by atoms with van der Waals surface area (Å²) < 4.78 is 5.32. The number of aromatic nitrogens is 1. The number of carbonyl (C=O) groups excluding carboxylic acids is 1. The maximum absolute atomic E-state index is 12.5. The quantitative estimate of drug-likeness (QED) is 0.775. The van der Waals surface area contributed by atoms with Crippen LogP contribution in [-0.4, -0.2) is 18.0 Å². The summed E-state index contributed by atoms with van der Waals surface area (Å²) in [5.41, 5.74) is 0.833. The lowest BCUT2D eigenvalue weighted by Gasteiger charge is -2.17. The van der Waals surface area contributed by atoms with Crippen molar-refractivity contribution in [2.24, 2.45) is 0 Å². The van der Waals surface area contributed by atoms with Crippen LogP contribution in [0.3, 0.4) is 0 Å². The van der Waals surface area contributed by atoms with E-state index in [0.29, 0.717) is 11.1 Å². The van der Waals surface area contributed by atoms with E-state index in [1.54, 1.807) is 25.3 Å². The van der Waals surface area contributed by atoms with Crippen LogP contribution >= 0.6 is 0 Å². The summed E-state index contributed by atoms with van der Waals surface area (Å²) in [5, 5.41) is 4.18. The van der Waals surface area contributed by atoms with Crippen molar-refractivity contribution in [2.75, 3.05) is 7.11 Å². The zero-order valence-electron chi connectivity index (χ0n) is 13.5. The summed E-state index contributed by atoms with van der Waals surface area (Å²) in [6.07, 6.45) is 0. The van der Waals surface area contributed by atoms with Crippen molar-refractivity contribution in [2.45, 2.75) is 13.0 Å². The second-order valence-corrected chi connectivity index (χ2v) is 5.54. The SMILES string of the molecule is COc1ccccc1C(C)NC(=O)c1cc2ccccc2c(=O)[nH]1. The Hall–Kier alpha value is -3.08. The van der Waals surface area contributed by atoms with Crippen molar-refractivity contribution >= 4 is 16.7 Å². The van der Waals surface area contributed by atoms with Crippen LogP contribution in [-0.2, 0) is 0 Å². The van der Waals surface area contributed by atoms with Gasteiger partial charge < -0.3 is 15.0 Å². The highest BCUT2D eigenvalue weighted by molar-refractivity contribution is 5.96. The lowest BCUT2D eigenvalue weighted by Crippen LogP contribution is -2.29. The van der Waals surface area contributed by atoms with Gasteiger partial charge >= 0.3 is 0 Å². The Kier molecular flexibility index (Phi) is 4.33. The number of para-hydroxylation sites is 1. The van der Waals surface area contributed by atoms with Crippen LogP contribution in [0.4, 0.5) is 0 Å². The smallest absolute Gasteiger partial charge is 0.268 e. The second kappa shape index (κ2) is 6.58. The predicted molar refractivity (Wildman–Crippen MR) is 93.4 cm³/mol. The van der Waals surface area contributed by atoms with Gasteiger partial charge in [-0.25, -0.2) is 0 Å². The van der Waals surface area contributed by atoms with E-state index in [-0.39, 0.29) is 23.2 Å². The minimum absolute atomic E-state index is 0.237. The molecule has 3 rings (SSSR count). The standard InChI is InChI=1S/C19H18N2O3/c1-12(14-8-5-6-10-17(14)24-2)20-19(23)16-11-13-7-3-4-9-15(13)18(22)21-16/h3-12H,1-2H3,(H,20,23)(H,21,22). The maximum atomic E-state index is 12.5. The third-order valence-corrected chi connectivity index (χ3v) is 3.95. The number of hydrogen-bond acceptors (Lipinski definition) is 3. The highest BCUT2D eigenvalue weighted by atomic mass is 16.5. The van der Waals surface area contributed by atoms with Gasteiger partial charge in [-0.2, -0.15) is 0 Å². The van der Waals surface area contributed by atoms with Crippen molar-refractivity contribution in [3.8, 4) is 5.75 Å². The van der Waals surface area contributed by atoms with E-state index < -0.39 is 0 Å². The molecule has 5 heteroatoms. The first-order chi connectivity index (χ1) is 11.6. The summed E-state index contributed by atoms with van der Waals surface area (Å²) in [6, 6.07) is 16.1. The first-order valence-electron chi connectivity index (χ1n) is 7.66. The number of aromatic amines is 1. The van der Waals surface area contributed by atoms with E-state index in [1.165, 1.54) is 0 Å². The number of fused-ring (bicyclic) bond motifs is 1. The van der Waals surface area contributed by atoms with Crippen LogP contribution in [0.15, 0.2) is 59.4 Å². The molecule has 0 aliphatic rings. The molecule has 5 nitrogen and oxygen atoms in total. The van der Waals surface area contributed by atoms with Crippen LogP contribution in [0.25, 0.3) is 10.8 Å². The minimum Gasteiger partial charge on any atom is -0.496 e. The molecule has 0 aliphatic heterocycles. The molecular formula is C19H18N2O3. The number of H-pyrrole nitrogens is 1. The molecule has 2 N–H and O–H groups in total. The topological polar surface area (TPSA) is 71.2 Å². The molecule has 0 aliphatic carbocycles. The average Bonchev–Trinajstić information content (AvgIpc) is 2.61. The normalized spacial score (nSPS) is 11.9. The zero-order valence-corrected chi connectivity index (χ0v) is 13.5. The van der Waals surface area contributed by atoms with Gasteiger partial charge in [-0.05, 0) is 30.5 Å². The Balaban J connectivity index is 1.88. The fourth-order valence-electron chi connectivity index (χ4n) is 2.71. The van der Waals surface area contributed by atoms with Crippen molar-refractivity contribution in [1.29, 1.82) is 0 Å². The Labute approximate surface area is 139 Å². The molecule has 122 valence electrons. The Morgan fingerprint density at radius 1 is 1.12 bits per heavy atom. The molecule has 0 radical (unpaired) electrons. The Morgan fingerprint density at radius 2 is 1.83 bits per heavy atom. The fourth-order valence-corrected chi connectivity index (χ4v) is 2.71. The summed E-state index contributed by atoms with van der Waals surface area (Å²) >= 11 is 0. The molecule has 0 bridgehead atoms. The molecule has 2 aromatic carbocycles. The Bertz CT molecular complexity index is 946. The largest absolute Gasteiger partial charge is 0.496 e. The average molecular weight is 322 g/mol. The van der Waals surface area contributed by atoms with E-state index >= 15 is 0 Å². The van der Waals surface area contributed by atoms with Crippen molar-refractivity contribution in [3.63, 3.8) is 0 Å². The molecule has 3 aromatic rings. The molecular weight excluding hydrogens is 304 g/mol. The van der Waals surface area contributed by atoms with Crippen LogP contribution in [0.1, 0.15) is 29.0 Å². The number of benzene rings is 2. The van der Waals surface area contributed by atoms with Crippen molar-refractivity contribution < 1.29 is 9.53 Å². The monoisotopic (exact) mass is 322 g/mol. The van der Waals surface area contributed by atoms with Gasteiger partial charge in [0.15, 0.2) is 0 Å². The maximum Gasteiger partial charge on any atom is 0.268 e. The number of carbonyl (C=O) groups is 1. The minimum atomic E-state index is -0.337. The molecule has 0 fully saturated rings. The predicted octanol–water partition coefficient (Wildman–Crippen LogP) is 3.03. The third-order valence-electron chi connectivity index (χ3n) is 3.95. The number of rotatable bonds is 4. The van der Waals surface area contributed by atoms with E-state index in [0.717, 1.165) is 10.9 Å². The van der Waals surface area contributed by atoms with Gasteiger partial charge in [0.2, 0.25) is 0 Å². The fraction of sp³-hybridized carbons (Fsp3) is 0.158. The molecule has 1 amide bonds. The van der Waals surface area contributed by atoms with Crippen LogP contribution in [0.2, 0.25) is 0 Å². The molecule has 1 unspecified atom stereocenters. The molecule has 0 saturated heterocycles. The number of hydrogen-bond donors (Lipinski definition) is 2. The summed E-state index contributed by atoms with van der Waals surface area (Å²) in [7, 11) is 1.59. The highest BCUT2D eigenvalue weighted by Gasteiger charge is 2.16. The molecule has 24 heavy (non-hydrogen) atoms. The van der Waals surface area contributed by atoms with E-state index in [1.807, 2.05) is 43.3 Å². The number of amides is 1.